The highest BCUT2D eigenvalue weighted by Crippen LogP contribution is 2.46. The summed E-state index contributed by atoms with van der Waals surface area (Å²) in [7, 11) is 1.64. The van der Waals surface area contributed by atoms with Gasteiger partial charge in [-0.15, -0.1) is 0 Å². The van der Waals surface area contributed by atoms with E-state index in [2.05, 4.69) is 18.0 Å². The van der Waals surface area contributed by atoms with Gasteiger partial charge in [-0.3, -0.25) is 0 Å². The van der Waals surface area contributed by atoms with Gasteiger partial charge < -0.3 is 4.74 Å². The molecule has 64 valence electrons. The first-order valence-electron chi connectivity index (χ1n) is 4.31. The zero-order valence-corrected chi connectivity index (χ0v) is 7.45. The van der Waals surface area contributed by atoms with E-state index >= 15 is 0 Å². The number of hydrogen-bond acceptors (Lipinski definition) is 2. The number of pyridine rings is 1. The van der Waals surface area contributed by atoms with E-state index in [-0.39, 0.29) is 0 Å². The largest absolute Gasteiger partial charge is 0.481 e. The molecule has 0 N–H and O–H groups in total. The first kappa shape index (κ1) is 7.59. The Kier molecular flexibility index (Phi) is 1.75. The molecule has 1 aromatic rings. The summed E-state index contributed by atoms with van der Waals surface area (Å²) < 4.78 is 4.99. The van der Waals surface area contributed by atoms with Gasteiger partial charge >= 0.3 is 0 Å². The van der Waals surface area contributed by atoms with E-state index < -0.39 is 0 Å². The Hall–Kier alpha value is -1.05. The van der Waals surface area contributed by atoms with Crippen molar-refractivity contribution >= 4 is 0 Å². The lowest BCUT2D eigenvalue weighted by Crippen LogP contribution is -1.88. The molecule has 1 heterocycles. The fraction of sp³-hybridized carbons (Fsp3) is 0.500. The Balaban J connectivity index is 2.14. The molecule has 1 aliphatic rings. The Morgan fingerprint density at radius 1 is 1.50 bits per heavy atom. The number of ether oxygens (including phenoxy) is 1. The van der Waals surface area contributed by atoms with Gasteiger partial charge in [0.1, 0.15) is 0 Å². The Bertz CT molecular complexity index is 268. The lowest BCUT2D eigenvalue weighted by atomic mass is 10.2. The van der Waals surface area contributed by atoms with E-state index in [1.165, 1.54) is 12.0 Å². The van der Waals surface area contributed by atoms with Crippen LogP contribution < -0.4 is 4.74 Å². The van der Waals surface area contributed by atoms with Crippen molar-refractivity contribution < 1.29 is 4.74 Å². The zero-order valence-electron chi connectivity index (χ0n) is 7.45. The van der Waals surface area contributed by atoms with Crippen molar-refractivity contribution in [3.8, 4) is 5.88 Å². The van der Waals surface area contributed by atoms with E-state index in [4.69, 9.17) is 4.74 Å². The van der Waals surface area contributed by atoms with Gasteiger partial charge in [-0.05, 0) is 23.8 Å². The van der Waals surface area contributed by atoms with Crippen molar-refractivity contribution in [2.24, 2.45) is 5.92 Å². The summed E-state index contributed by atoms with van der Waals surface area (Å²) in [5, 5.41) is 0. The SMILES string of the molecule is COc1ccc(C2CC2C)cn1. The first-order chi connectivity index (χ1) is 5.81. The number of nitrogens with zero attached hydrogens (tertiary/aromatic N) is 1. The Morgan fingerprint density at radius 2 is 2.25 bits per heavy atom. The minimum absolute atomic E-state index is 0.701. The summed E-state index contributed by atoms with van der Waals surface area (Å²) in [6, 6.07) is 4.04. The van der Waals surface area contributed by atoms with Crippen molar-refractivity contribution in [1.82, 2.24) is 4.98 Å². The van der Waals surface area contributed by atoms with Crippen LogP contribution in [0.4, 0.5) is 0 Å². The highest BCUT2D eigenvalue weighted by Gasteiger charge is 2.33. The maximum Gasteiger partial charge on any atom is 0.212 e. The maximum absolute atomic E-state index is 4.99. The van der Waals surface area contributed by atoms with Crippen LogP contribution in [-0.4, -0.2) is 12.1 Å². The van der Waals surface area contributed by atoms with Gasteiger partial charge in [0, 0.05) is 12.3 Å². The van der Waals surface area contributed by atoms with Crippen molar-refractivity contribution in [3.05, 3.63) is 23.9 Å². The zero-order chi connectivity index (χ0) is 8.55. The average Bonchev–Trinajstić information content (AvgIpc) is 2.83. The molecule has 0 radical (unpaired) electrons. The van der Waals surface area contributed by atoms with Crippen LogP contribution in [0.5, 0.6) is 5.88 Å². The maximum atomic E-state index is 4.99. The van der Waals surface area contributed by atoms with E-state index in [0.29, 0.717) is 5.88 Å². The molecule has 0 saturated heterocycles. The molecular formula is C10H13NO. The predicted molar refractivity (Wildman–Crippen MR) is 47.3 cm³/mol. The number of methoxy groups -OCH3 is 1. The molecule has 2 nitrogen and oxygen atoms in total. The minimum atomic E-state index is 0.701. The molecule has 2 heteroatoms. The van der Waals surface area contributed by atoms with Crippen LogP contribution in [0.1, 0.15) is 24.8 Å². The van der Waals surface area contributed by atoms with Crippen LogP contribution in [0.25, 0.3) is 0 Å². The number of aromatic nitrogens is 1. The molecule has 2 unspecified atom stereocenters. The lowest BCUT2D eigenvalue weighted by Gasteiger charge is -2.00. The molecule has 12 heavy (non-hydrogen) atoms. The second kappa shape index (κ2) is 2.77. The van der Waals surface area contributed by atoms with Crippen LogP contribution in [0.15, 0.2) is 18.3 Å². The van der Waals surface area contributed by atoms with Crippen LogP contribution in [-0.2, 0) is 0 Å². The Morgan fingerprint density at radius 3 is 2.67 bits per heavy atom. The molecule has 0 amide bonds. The Labute approximate surface area is 72.6 Å². The van der Waals surface area contributed by atoms with E-state index in [1.54, 1.807) is 7.11 Å². The van der Waals surface area contributed by atoms with E-state index in [1.807, 2.05) is 12.3 Å². The summed E-state index contributed by atoms with van der Waals surface area (Å²) in [6.45, 7) is 2.27. The van der Waals surface area contributed by atoms with Gasteiger partial charge in [0.25, 0.3) is 0 Å². The molecule has 0 bridgehead atoms. The van der Waals surface area contributed by atoms with Crippen LogP contribution >= 0.6 is 0 Å². The third-order valence-electron chi connectivity index (χ3n) is 2.51. The number of rotatable bonds is 2. The molecule has 0 aliphatic heterocycles. The van der Waals surface area contributed by atoms with Crippen molar-refractivity contribution in [2.45, 2.75) is 19.3 Å². The van der Waals surface area contributed by atoms with Crippen LogP contribution in [0, 0.1) is 5.92 Å². The van der Waals surface area contributed by atoms with Gasteiger partial charge in [-0.2, -0.15) is 0 Å². The van der Waals surface area contributed by atoms with Gasteiger partial charge in [-0.1, -0.05) is 13.0 Å². The summed E-state index contributed by atoms with van der Waals surface area (Å²) in [5.74, 6) is 2.30. The highest BCUT2D eigenvalue weighted by molar-refractivity contribution is 5.25. The van der Waals surface area contributed by atoms with Gasteiger partial charge in [0.15, 0.2) is 0 Å². The average molecular weight is 163 g/mol. The van der Waals surface area contributed by atoms with Gasteiger partial charge in [0.05, 0.1) is 7.11 Å². The quantitative estimate of drug-likeness (QED) is 0.667. The van der Waals surface area contributed by atoms with Gasteiger partial charge in [-0.25, -0.2) is 4.98 Å². The summed E-state index contributed by atoms with van der Waals surface area (Å²) in [4.78, 5) is 4.17. The molecular weight excluding hydrogens is 150 g/mol. The molecule has 0 spiro atoms. The molecule has 0 aromatic carbocycles. The minimum Gasteiger partial charge on any atom is -0.481 e. The van der Waals surface area contributed by atoms with Crippen molar-refractivity contribution in [1.29, 1.82) is 0 Å². The smallest absolute Gasteiger partial charge is 0.212 e. The molecule has 2 rings (SSSR count). The third-order valence-corrected chi connectivity index (χ3v) is 2.51. The van der Waals surface area contributed by atoms with Crippen LogP contribution in [0.2, 0.25) is 0 Å². The van der Waals surface area contributed by atoms with E-state index in [9.17, 15) is 0 Å². The van der Waals surface area contributed by atoms with Crippen molar-refractivity contribution in [3.63, 3.8) is 0 Å². The molecule has 1 aliphatic carbocycles. The fourth-order valence-electron chi connectivity index (χ4n) is 1.52. The third kappa shape index (κ3) is 1.29. The second-order valence-corrected chi connectivity index (χ2v) is 3.45. The molecule has 1 aromatic heterocycles. The monoisotopic (exact) mass is 163 g/mol. The molecule has 1 saturated carbocycles. The van der Waals surface area contributed by atoms with Crippen molar-refractivity contribution in [2.75, 3.05) is 7.11 Å². The second-order valence-electron chi connectivity index (χ2n) is 3.45. The summed E-state index contributed by atoms with van der Waals surface area (Å²) >= 11 is 0. The molecule has 2 atom stereocenters. The predicted octanol–water partition coefficient (Wildman–Crippen LogP) is 2.21. The van der Waals surface area contributed by atoms with E-state index in [0.717, 1.165) is 11.8 Å². The topological polar surface area (TPSA) is 22.1 Å². The van der Waals surface area contributed by atoms with Gasteiger partial charge in [0.2, 0.25) is 5.88 Å². The summed E-state index contributed by atoms with van der Waals surface area (Å²) in [5.41, 5.74) is 1.35. The first-order valence-corrected chi connectivity index (χ1v) is 4.31. The summed E-state index contributed by atoms with van der Waals surface area (Å²) in [6.07, 6.45) is 3.24. The normalized spacial score (nSPS) is 26.8. The fourth-order valence-corrected chi connectivity index (χ4v) is 1.52. The number of hydrogen-bond donors (Lipinski definition) is 0. The molecule has 1 fully saturated rings. The van der Waals surface area contributed by atoms with Crippen LogP contribution in [0.3, 0.4) is 0 Å². The standard InChI is InChI=1S/C10H13NO/c1-7-5-9(7)8-3-4-10(12-2)11-6-8/h3-4,6-7,9H,5H2,1-2H3. The highest BCUT2D eigenvalue weighted by atomic mass is 16.5. The lowest BCUT2D eigenvalue weighted by molar-refractivity contribution is 0.397.